The molecule has 0 saturated heterocycles. The van der Waals surface area contributed by atoms with E-state index in [9.17, 15) is 9.36 Å². The fourth-order valence-corrected chi connectivity index (χ4v) is 3.85. The van der Waals surface area contributed by atoms with Gasteiger partial charge in [-0.2, -0.15) is 0 Å². The standard InChI is InChI=1S/C20H22N3O5P/c1-13-5-9-15(10-6-13)17(24)21-20(29(25,26-3)27-4)19-23-22-18(28-19)16-11-7-14(2)8-12-16/h5-12,20H,1-4H3,(H,21,24). The number of aryl methyl sites for hydroxylation is 2. The third-order valence-corrected chi connectivity index (χ3v) is 6.38. The summed E-state index contributed by atoms with van der Waals surface area (Å²) in [7, 11) is -1.35. The van der Waals surface area contributed by atoms with E-state index < -0.39 is 19.3 Å². The normalized spacial score (nSPS) is 12.6. The highest BCUT2D eigenvalue weighted by Crippen LogP contribution is 2.58. The Hall–Kier alpha value is -2.80. The number of hydrogen-bond donors (Lipinski definition) is 1. The zero-order valence-electron chi connectivity index (χ0n) is 16.6. The fourth-order valence-electron chi connectivity index (χ4n) is 2.63. The summed E-state index contributed by atoms with van der Waals surface area (Å²) in [5.74, 6) is -1.58. The number of nitrogens with zero attached hydrogens (tertiary/aromatic N) is 2. The second kappa shape index (κ2) is 8.69. The average molecular weight is 415 g/mol. The topological polar surface area (TPSA) is 104 Å². The molecule has 1 amide bonds. The van der Waals surface area contributed by atoms with Crippen molar-refractivity contribution in [3.8, 4) is 11.5 Å². The zero-order chi connectivity index (χ0) is 21.0. The minimum atomic E-state index is -3.81. The second-order valence-electron chi connectivity index (χ2n) is 6.46. The molecular formula is C20H22N3O5P. The molecule has 0 aliphatic rings. The van der Waals surface area contributed by atoms with Crippen LogP contribution in [0.15, 0.2) is 52.9 Å². The van der Waals surface area contributed by atoms with Gasteiger partial charge in [-0.25, -0.2) is 0 Å². The minimum Gasteiger partial charge on any atom is -0.418 e. The first-order chi connectivity index (χ1) is 13.9. The molecule has 0 aliphatic heterocycles. The Morgan fingerprint density at radius 3 is 2.07 bits per heavy atom. The van der Waals surface area contributed by atoms with Gasteiger partial charge in [-0.05, 0) is 38.1 Å². The van der Waals surface area contributed by atoms with Gasteiger partial charge >= 0.3 is 7.60 Å². The van der Waals surface area contributed by atoms with Crippen molar-refractivity contribution in [1.82, 2.24) is 15.5 Å². The van der Waals surface area contributed by atoms with E-state index in [0.717, 1.165) is 11.1 Å². The van der Waals surface area contributed by atoms with E-state index in [1.807, 2.05) is 38.1 Å². The van der Waals surface area contributed by atoms with Gasteiger partial charge in [0.1, 0.15) is 0 Å². The molecule has 1 heterocycles. The Morgan fingerprint density at radius 1 is 0.966 bits per heavy atom. The van der Waals surface area contributed by atoms with E-state index in [4.69, 9.17) is 13.5 Å². The predicted octanol–water partition coefficient (Wildman–Crippen LogP) is 4.27. The monoisotopic (exact) mass is 415 g/mol. The molecule has 9 heteroatoms. The fraction of sp³-hybridized carbons (Fsp3) is 0.250. The van der Waals surface area contributed by atoms with Crippen molar-refractivity contribution in [2.75, 3.05) is 14.2 Å². The van der Waals surface area contributed by atoms with Crippen molar-refractivity contribution in [3.05, 3.63) is 71.1 Å². The lowest BCUT2D eigenvalue weighted by Gasteiger charge is -2.22. The number of nitrogens with one attached hydrogen (secondary N) is 1. The molecule has 3 aromatic rings. The van der Waals surface area contributed by atoms with Gasteiger partial charge in [0.2, 0.25) is 11.7 Å². The first kappa shape index (κ1) is 20.9. The van der Waals surface area contributed by atoms with Gasteiger partial charge in [0.15, 0.2) is 0 Å². The quantitative estimate of drug-likeness (QED) is 0.575. The third-order valence-electron chi connectivity index (χ3n) is 4.38. The largest absolute Gasteiger partial charge is 0.418 e. The summed E-state index contributed by atoms with van der Waals surface area (Å²) in [5.41, 5.74) is 3.18. The maximum atomic E-state index is 13.1. The van der Waals surface area contributed by atoms with Crippen molar-refractivity contribution >= 4 is 13.5 Å². The van der Waals surface area contributed by atoms with E-state index in [2.05, 4.69) is 15.5 Å². The van der Waals surface area contributed by atoms with Crippen LogP contribution in [-0.4, -0.2) is 30.3 Å². The van der Waals surface area contributed by atoms with Gasteiger partial charge in [-0.15, -0.1) is 10.2 Å². The number of carbonyl (C=O) groups is 1. The van der Waals surface area contributed by atoms with Crippen molar-refractivity contribution < 1.29 is 22.8 Å². The van der Waals surface area contributed by atoms with Crippen molar-refractivity contribution in [2.45, 2.75) is 19.6 Å². The van der Waals surface area contributed by atoms with E-state index in [0.29, 0.717) is 11.1 Å². The van der Waals surface area contributed by atoms with Crippen LogP contribution in [0.2, 0.25) is 0 Å². The lowest BCUT2D eigenvalue weighted by Crippen LogP contribution is -2.29. The van der Waals surface area contributed by atoms with E-state index in [-0.39, 0.29) is 11.8 Å². The summed E-state index contributed by atoms with van der Waals surface area (Å²) >= 11 is 0. The molecule has 2 aromatic carbocycles. The van der Waals surface area contributed by atoms with Gasteiger partial charge in [0.05, 0.1) is 0 Å². The van der Waals surface area contributed by atoms with E-state index in [1.54, 1.807) is 24.3 Å². The Balaban J connectivity index is 1.94. The Bertz CT molecular complexity index is 1020. The summed E-state index contributed by atoms with van der Waals surface area (Å²) in [6.45, 7) is 3.88. The van der Waals surface area contributed by atoms with Gasteiger partial charge < -0.3 is 18.8 Å². The summed E-state index contributed by atoms with van der Waals surface area (Å²) in [6, 6.07) is 14.4. The summed E-state index contributed by atoms with van der Waals surface area (Å²) in [4.78, 5) is 12.7. The van der Waals surface area contributed by atoms with Crippen LogP contribution < -0.4 is 5.32 Å². The molecule has 1 unspecified atom stereocenters. The Kier molecular flexibility index (Phi) is 6.27. The van der Waals surface area contributed by atoms with Crippen molar-refractivity contribution in [2.24, 2.45) is 0 Å². The minimum absolute atomic E-state index is 0.0759. The number of benzene rings is 2. The molecule has 0 spiro atoms. The Morgan fingerprint density at radius 2 is 1.52 bits per heavy atom. The number of carbonyl (C=O) groups excluding carboxylic acids is 1. The summed E-state index contributed by atoms with van der Waals surface area (Å²) < 4.78 is 28.9. The average Bonchev–Trinajstić information content (AvgIpc) is 3.22. The van der Waals surface area contributed by atoms with Crippen LogP contribution in [0.5, 0.6) is 0 Å². The lowest BCUT2D eigenvalue weighted by atomic mass is 10.1. The molecule has 0 aliphatic carbocycles. The molecular weight excluding hydrogens is 393 g/mol. The van der Waals surface area contributed by atoms with E-state index >= 15 is 0 Å². The molecule has 152 valence electrons. The molecule has 8 nitrogen and oxygen atoms in total. The third kappa shape index (κ3) is 4.62. The zero-order valence-corrected chi connectivity index (χ0v) is 17.5. The van der Waals surface area contributed by atoms with Gasteiger partial charge in [0, 0.05) is 25.3 Å². The smallest absolute Gasteiger partial charge is 0.361 e. The van der Waals surface area contributed by atoms with E-state index in [1.165, 1.54) is 14.2 Å². The van der Waals surface area contributed by atoms with Gasteiger partial charge in [-0.1, -0.05) is 35.4 Å². The molecule has 1 atom stereocenters. The Labute approximate surface area is 168 Å². The van der Waals surface area contributed by atoms with Crippen LogP contribution in [0.25, 0.3) is 11.5 Å². The van der Waals surface area contributed by atoms with Crippen LogP contribution in [0, 0.1) is 13.8 Å². The summed E-state index contributed by atoms with van der Waals surface area (Å²) in [6.07, 6.45) is 0. The second-order valence-corrected chi connectivity index (χ2v) is 8.78. The summed E-state index contributed by atoms with van der Waals surface area (Å²) in [5, 5.41) is 10.6. The molecule has 0 fully saturated rings. The predicted molar refractivity (Wildman–Crippen MR) is 107 cm³/mol. The van der Waals surface area contributed by atoms with Crippen molar-refractivity contribution in [3.63, 3.8) is 0 Å². The number of amides is 1. The SMILES string of the molecule is COP(=O)(OC)C(NC(=O)c1ccc(C)cc1)c1nnc(-c2ccc(C)cc2)o1. The molecule has 1 N–H and O–H groups in total. The van der Waals surface area contributed by atoms with Crippen LogP contribution >= 0.6 is 7.60 Å². The first-order valence-electron chi connectivity index (χ1n) is 8.85. The highest BCUT2D eigenvalue weighted by molar-refractivity contribution is 7.54. The molecule has 1 aromatic heterocycles. The van der Waals surface area contributed by atoms with Gasteiger partial charge in [-0.3, -0.25) is 9.36 Å². The van der Waals surface area contributed by atoms with Gasteiger partial charge in [0.25, 0.3) is 11.8 Å². The molecule has 0 radical (unpaired) electrons. The molecule has 29 heavy (non-hydrogen) atoms. The molecule has 0 saturated carbocycles. The molecule has 0 bridgehead atoms. The maximum absolute atomic E-state index is 13.1. The van der Waals surface area contributed by atoms with Crippen LogP contribution in [0.1, 0.15) is 33.2 Å². The highest BCUT2D eigenvalue weighted by atomic mass is 31.2. The molecule has 3 rings (SSSR count). The maximum Gasteiger partial charge on any atom is 0.361 e. The first-order valence-corrected chi connectivity index (χ1v) is 10.5. The van der Waals surface area contributed by atoms with Crippen LogP contribution in [0.4, 0.5) is 0 Å². The highest BCUT2D eigenvalue weighted by Gasteiger charge is 2.41. The number of aromatic nitrogens is 2. The van der Waals surface area contributed by atoms with Crippen LogP contribution in [0.3, 0.4) is 0 Å². The van der Waals surface area contributed by atoms with Crippen molar-refractivity contribution in [1.29, 1.82) is 0 Å². The number of rotatable bonds is 7. The number of hydrogen-bond acceptors (Lipinski definition) is 7. The van der Waals surface area contributed by atoms with Crippen LogP contribution in [-0.2, 0) is 13.6 Å². The lowest BCUT2D eigenvalue weighted by molar-refractivity contribution is 0.0935.